The number of fused-ring (bicyclic) bond motifs is 1. The third-order valence-electron chi connectivity index (χ3n) is 7.51. The molecule has 3 aromatic rings. The SMILES string of the molecule is CC1=CCC(C)(C2CNCCN2C(=O)COc2c(C)cnc(CSc3nc4ccccc4[nH]3)c2C)C=C1. The Balaban J connectivity index is 1.26. The van der Waals surface area contributed by atoms with E-state index in [9.17, 15) is 4.79 Å². The van der Waals surface area contributed by atoms with Crippen molar-refractivity contribution in [3.63, 3.8) is 0 Å². The maximum Gasteiger partial charge on any atom is 0.260 e. The first kappa shape index (κ1) is 25.5. The van der Waals surface area contributed by atoms with Gasteiger partial charge >= 0.3 is 0 Å². The Kier molecular flexibility index (Phi) is 7.40. The Morgan fingerprint density at radius 1 is 1.27 bits per heavy atom. The Hall–Kier alpha value is -3.10. The van der Waals surface area contributed by atoms with Crippen LogP contribution in [0.4, 0.5) is 0 Å². The van der Waals surface area contributed by atoms with Crippen LogP contribution in [0.3, 0.4) is 0 Å². The maximum atomic E-state index is 13.4. The number of para-hydroxylation sites is 2. The molecule has 0 bridgehead atoms. The van der Waals surface area contributed by atoms with Crippen molar-refractivity contribution in [2.24, 2.45) is 5.41 Å². The normalized spacial score (nSPS) is 21.8. The van der Waals surface area contributed by atoms with Gasteiger partial charge in [-0.1, -0.05) is 54.6 Å². The van der Waals surface area contributed by atoms with Gasteiger partial charge in [-0.3, -0.25) is 9.78 Å². The quantitative estimate of drug-likeness (QED) is 0.431. The van der Waals surface area contributed by atoms with Crippen molar-refractivity contribution in [3.8, 4) is 5.75 Å². The third-order valence-corrected chi connectivity index (χ3v) is 8.40. The predicted octanol–water partition coefficient (Wildman–Crippen LogP) is 4.96. The largest absolute Gasteiger partial charge is 0.483 e. The van der Waals surface area contributed by atoms with Crippen molar-refractivity contribution in [2.75, 3.05) is 26.2 Å². The molecule has 2 atom stereocenters. The van der Waals surface area contributed by atoms with Crippen molar-refractivity contribution in [1.82, 2.24) is 25.2 Å². The van der Waals surface area contributed by atoms with E-state index < -0.39 is 0 Å². The summed E-state index contributed by atoms with van der Waals surface area (Å²) in [5.41, 5.74) is 6.00. The van der Waals surface area contributed by atoms with Crippen LogP contribution >= 0.6 is 11.8 Å². The number of hydrogen-bond donors (Lipinski definition) is 2. The van der Waals surface area contributed by atoms with E-state index in [2.05, 4.69) is 52.3 Å². The highest BCUT2D eigenvalue weighted by Gasteiger charge is 2.40. The second-order valence-electron chi connectivity index (χ2n) is 10.3. The number of aryl methyl sites for hydroxylation is 1. The van der Waals surface area contributed by atoms with Crippen LogP contribution in [0, 0.1) is 19.3 Å². The summed E-state index contributed by atoms with van der Waals surface area (Å²) in [4.78, 5) is 28.1. The number of ether oxygens (including phenoxy) is 1. The zero-order valence-electron chi connectivity index (χ0n) is 22.0. The molecule has 2 N–H and O–H groups in total. The molecule has 0 saturated carbocycles. The highest BCUT2D eigenvalue weighted by molar-refractivity contribution is 7.98. The topological polar surface area (TPSA) is 83.1 Å². The molecule has 2 unspecified atom stereocenters. The summed E-state index contributed by atoms with van der Waals surface area (Å²) < 4.78 is 6.19. The number of pyridine rings is 1. The van der Waals surface area contributed by atoms with Gasteiger partial charge < -0.3 is 19.9 Å². The summed E-state index contributed by atoms with van der Waals surface area (Å²) in [5, 5.41) is 4.34. The molecule has 194 valence electrons. The monoisotopic (exact) mass is 517 g/mol. The predicted molar refractivity (Wildman–Crippen MR) is 149 cm³/mol. The minimum atomic E-state index is -0.0911. The van der Waals surface area contributed by atoms with Gasteiger partial charge in [0.25, 0.3) is 5.91 Å². The summed E-state index contributed by atoms with van der Waals surface area (Å²) >= 11 is 1.61. The number of carbonyl (C=O) groups is 1. The summed E-state index contributed by atoms with van der Waals surface area (Å²) in [5.74, 6) is 1.44. The highest BCUT2D eigenvalue weighted by Crippen LogP contribution is 2.36. The van der Waals surface area contributed by atoms with Crippen LogP contribution in [0.15, 0.2) is 59.4 Å². The van der Waals surface area contributed by atoms with Crippen molar-refractivity contribution < 1.29 is 9.53 Å². The summed E-state index contributed by atoms with van der Waals surface area (Å²) in [7, 11) is 0. The van der Waals surface area contributed by atoms with Gasteiger partial charge in [0.05, 0.1) is 22.8 Å². The number of piperazine rings is 1. The number of H-pyrrole nitrogens is 1. The Morgan fingerprint density at radius 2 is 2.11 bits per heavy atom. The molecule has 0 radical (unpaired) electrons. The van der Waals surface area contributed by atoms with Crippen LogP contribution in [-0.2, 0) is 10.5 Å². The van der Waals surface area contributed by atoms with Crippen molar-refractivity contribution in [1.29, 1.82) is 0 Å². The molecule has 2 aromatic heterocycles. The number of aromatic nitrogens is 3. The fourth-order valence-electron chi connectivity index (χ4n) is 5.15. The van der Waals surface area contributed by atoms with Gasteiger partial charge in [0.2, 0.25) is 0 Å². The van der Waals surface area contributed by atoms with Crippen molar-refractivity contribution in [2.45, 2.75) is 51.1 Å². The first-order chi connectivity index (χ1) is 17.8. The average molecular weight is 518 g/mol. The number of rotatable bonds is 7. The summed E-state index contributed by atoms with van der Waals surface area (Å²) in [6.07, 6.45) is 9.47. The van der Waals surface area contributed by atoms with Crippen LogP contribution in [0.25, 0.3) is 11.0 Å². The fourth-order valence-corrected chi connectivity index (χ4v) is 6.06. The Morgan fingerprint density at radius 3 is 2.89 bits per heavy atom. The van der Waals surface area contributed by atoms with Gasteiger partial charge in [-0.2, -0.15) is 0 Å². The van der Waals surface area contributed by atoms with Gasteiger partial charge in [0, 0.05) is 48.1 Å². The number of nitrogens with one attached hydrogen (secondary N) is 2. The lowest BCUT2D eigenvalue weighted by Crippen LogP contribution is -2.60. The molecule has 1 aliphatic heterocycles. The molecule has 37 heavy (non-hydrogen) atoms. The van der Waals surface area contributed by atoms with Crippen LogP contribution in [0.5, 0.6) is 5.75 Å². The van der Waals surface area contributed by atoms with Gasteiger partial charge in [-0.05, 0) is 39.3 Å². The fraction of sp³-hybridized carbons (Fsp3) is 0.414. The zero-order chi connectivity index (χ0) is 26.0. The van der Waals surface area contributed by atoms with Gasteiger partial charge in [0.15, 0.2) is 11.8 Å². The number of imidazole rings is 1. The molecule has 1 aliphatic carbocycles. The van der Waals surface area contributed by atoms with E-state index in [1.54, 1.807) is 11.8 Å². The van der Waals surface area contributed by atoms with Crippen LogP contribution in [0.1, 0.15) is 37.1 Å². The number of amides is 1. The van der Waals surface area contributed by atoms with Gasteiger partial charge in [-0.15, -0.1) is 0 Å². The van der Waals surface area contributed by atoms with Crippen molar-refractivity contribution in [3.05, 3.63) is 71.1 Å². The number of benzene rings is 1. The molecule has 3 heterocycles. The number of thioether (sulfide) groups is 1. The zero-order valence-corrected chi connectivity index (χ0v) is 22.8. The van der Waals surface area contributed by atoms with Crippen LogP contribution in [0.2, 0.25) is 0 Å². The minimum absolute atomic E-state index is 0.0208. The van der Waals surface area contributed by atoms with E-state index in [4.69, 9.17) is 4.74 Å². The lowest BCUT2D eigenvalue weighted by atomic mass is 9.74. The Labute approximate surface area is 222 Å². The van der Waals surface area contributed by atoms with Gasteiger partial charge in [0.1, 0.15) is 5.75 Å². The van der Waals surface area contributed by atoms with E-state index in [1.165, 1.54) is 5.57 Å². The molecule has 8 heteroatoms. The molecule has 7 nitrogen and oxygen atoms in total. The summed E-state index contributed by atoms with van der Waals surface area (Å²) in [6, 6.07) is 8.10. The third kappa shape index (κ3) is 5.45. The molecular formula is C29H35N5O2S. The maximum absolute atomic E-state index is 13.4. The lowest BCUT2D eigenvalue weighted by molar-refractivity contribution is -0.139. The number of allylic oxidation sites excluding steroid dienone is 3. The number of carbonyl (C=O) groups excluding carboxylic acids is 1. The molecule has 2 aliphatic rings. The van der Waals surface area contributed by atoms with E-state index in [1.807, 2.05) is 49.2 Å². The number of hydrogen-bond acceptors (Lipinski definition) is 6. The minimum Gasteiger partial charge on any atom is -0.483 e. The van der Waals surface area contributed by atoms with Crippen LogP contribution in [-0.4, -0.2) is 58.0 Å². The first-order valence-corrected chi connectivity index (χ1v) is 13.8. The molecule has 0 spiro atoms. The van der Waals surface area contributed by atoms with E-state index in [0.29, 0.717) is 12.3 Å². The number of aromatic amines is 1. The van der Waals surface area contributed by atoms with E-state index in [0.717, 1.165) is 58.3 Å². The van der Waals surface area contributed by atoms with Crippen LogP contribution < -0.4 is 10.1 Å². The second-order valence-corrected chi connectivity index (χ2v) is 11.2. The lowest BCUT2D eigenvalue weighted by Gasteiger charge is -2.46. The summed E-state index contributed by atoms with van der Waals surface area (Å²) in [6.45, 7) is 10.7. The highest BCUT2D eigenvalue weighted by atomic mass is 32.2. The van der Waals surface area contributed by atoms with Gasteiger partial charge in [-0.25, -0.2) is 4.98 Å². The van der Waals surface area contributed by atoms with Crippen molar-refractivity contribution >= 4 is 28.7 Å². The molecule has 1 fully saturated rings. The molecule has 1 amide bonds. The standard InChI is InChI=1S/C29H35N5O2S/c1-19-9-11-29(4,12-10-19)25-16-30-13-14-34(25)26(35)17-36-27-20(2)15-31-24(21(27)3)18-37-28-32-22-7-5-6-8-23(22)33-28/h5-11,15,25,30H,12-14,16-18H2,1-4H3,(H,32,33). The van der Waals surface area contributed by atoms with E-state index >= 15 is 0 Å². The molecule has 1 aromatic carbocycles. The first-order valence-electron chi connectivity index (χ1n) is 12.9. The second kappa shape index (κ2) is 10.7. The smallest absolute Gasteiger partial charge is 0.260 e. The Bertz CT molecular complexity index is 1330. The molecule has 5 rings (SSSR count). The molecular weight excluding hydrogens is 482 g/mol. The number of nitrogens with zero attached hydrogens (tertiary/aromatic N) is 3. The average Bonchev–Trinajstić information content (AvgIpc) is 3.33. The van der Waals surface area contributed by atoms with E-state index in [-0.39, 0.29) is 24.0 Å². The molecule has 1 saturated heterocycles.